The Morgan fingerprint density at radius 3 is 1.70 bits per heavy atom. The van der Waals surface area contributed by atoms with Crippen LogP contribution >= 0.6 is 0 Å². The molecule has 0 bridgehead atoms. The van der Waals surface area contributed by atoms with Gasteiger partial charge >= 0.3 is 0 Å². The van der Waals surface area contributed by atoms with E-state index in [4.69, 9.17) is 23.7 Å². The lowest BCUT2D eigenvalue weighted by molar-refractivity contribution is -0.126. The lowest BCUT2D eigenvalue weighted by atomic mass is 10.3. The minimum atomic E-state index is -1.78. The molecule has 0 aliphatic heterocycles. The van der Waals surface area contributed by atoms with Crippen molar-refractivity contribution >= 4 is 17.6 Å². The van der Waals surface area contributed by atoms with Crippen molar-refractivity contribution in [2.45, 2.75) is 26.4 Å². The molecule has 0 rings (SSSR count). The lowest BCUT2D eigenvalue weighted by Gasteiger charge is -2.10. The largest absolute Gasteiger partial charge is 0.377 e. The molecule has 0 aromatic carbocycles. The van der Waals surface area contributed by atoms with Crippen LogP contribution in [-0.2, 0) is 38.1 Å². The number of carbonyl (C=O) groups excluding carboxylic acids is 3. The van der Waals surface area contributed by atoms with Crippen LogP contribution in [-0.4, -0.2) is 103 Å². The molecule has 0 saturated carbocycles. The average Bonchev–Trinajstić information content (AvgIpc) is 2.73. The minimum absolute atomic E-state index is 0.0701. The van der Waals surface area contributed by atoms with Crippen molar-refractivity contribution < 1.29 is 42.5 Å². The van der Waals surface area contributed by atoms with E-state index in [-0.39, 0.29) is 32.1 Å². The number of alkyl halides is 1. The number of amides is 2. The zero-order chi connectivity index (χ0) is 22.5. The van der Waals surface area contributed by atoms with Gasteiger partial charge in [0.1, 0.15) is 6.61 Å². The Hall–Kier alpha value is -1.66. The molecule has 30 heavy (non-hydrogen) atoms. The molecule has 0 spiro atoms. The van der Waals surface area contributed by atoms with Crippen LogP contribution in [0.25, 0.3) is 0 Å². The summed E-state index contributed by atoms with van der Waals surface area (Å²) in [7, 11) is 0. The third kappa shape index (κ3) is 19.6. The van der Waals surface area contributed by atoms with Gasteiger partial charge in [-0.05, 0) is 0 Å². The van der Waals surface area contributed by atoms with Gasteiger partial charge < -0.3 is 34.3 Å². The minimum Gasteiger partial charge on any atom is -0.377 e. The molecule has 1 unspecified atom stereocenters. The van der Waals surface area contributed by atoms with Gasteiger partial charge in [-0.2, -0.15) is 0 Å². The van der Waals surface area contributed by atoms with Crippen LogP contribution in [0.15, 0.2) is 0 Å². The van der Waals surface area contributed by atoms with Crippen molar-refractivity contribution in [2.75, 3.05) is 79.2 Å². The molecule has 0 aliphatic rings. The number of ketones is 1. The fourth-order valence-electron chi connectivity index (χ4n) is 1.85. The Labute approximate surface area is 177 Å². The fraction of sp³-hybridized carbons (Fsp3) is 0.842. The van der Waals surface area contributed by atoms with Crippen molar-refractivity contribution in [3.8, 4) is 0 Å². The van der Waals surface area contributed by atoms with E-state index < -0.39 is 18.0 Å². The summed E-state index contributed by atoms with van der Waals surface area (Å²) in [5.41, 5.74) is 0. The normalized spacial score (nSPS) is 11.8. The second-order valence-corrected chi connectivity index (χ2v) is 6.09. The highest BCUT2D eigenvalue weighted by atomic mass is 19.1. The van der Waals surface area contributed by atoms with E-state index >= 15 is 0 Å². The van der Waals surface area contributed by atoms with Crippen molar-refractivity contribution in [3.63, 3.8) is 0 Å². The molecular formula is C19H35FN2O8. The second kappa shape index (κ2) is 20.6. The van der Waals surface area contributed by atoms with Crippen LogP contribution in [0.3, 0.4) is 0 Å². The number of halogens is 1. The van der Waals surface area contributed by atoms with Crippen molar-refractivity contribution in [1.29, 1.82) is 0 Å². The van der Waals surface area contributed by atoms with Gasteiger partial charge in [0.15, 0.2) is 12.0 Å². The first-order chi connectivity index (χ1) is 14.5. The summed E-state index contributed by atoms with van der Waals surface area (Å²) in [6.45, 7) is 6.43. The number of hydrogen-bond donors (Lipinski definition) is 2. The zero-order valence-electron chi connectivity index (χ0n) is 17.9. The van der Waals surface area contributed by atoms with E-state index in [2.05, 4.69) is 10.6 Å². The van der Waals surface area contributed by atoms with E-state index in [0.717, 1.165) is 0 Å². The Morgan fingerprint density at radius 2 is 1.23 bits per heavy atom. The standard InChI is InChI=1S/C19H35FN2O8/c1-3-17(24)15-30-13-12-29-11-10-28-9-8-27-7-6-26-5-4-21-19(25)18(20)14-22-16(2)23/h18H,3-15H2,1-2H3,(H,21,25)(H,22,23). The molecule has 2 N–H and O–H groups in total. The van der Waals surface area contributed by atoms with Gasteiger partial charge in [-0.1, -0.05) is 6.92 Å². The van der Waals surface area contributed by atoms with E-state index in [9.17, 15) is 18.8 Å². The molecule has 0 saturated heterocycles. The van der Waals surface area contributed by atoms with Gasteiger partial charge in [0.2, 0.25) is 5.91 Å². The molecule has 176 valence electrons. The number of rotatable bonds is 21. The third-order valence-corrected chi connectivity index (χ3v) is 3.51. The molecule has 0 aromatic heterocycles. The Kier molecular flexibility index (Phi) is 19.5. The summed E-state index contributed by atoms with van der Waals surface area (Å²) in [5, 5.41) is 4.61. The molecule has 10 nitrogen and oxygen atoms in total. The highest BCUT2D eigenvalue weighted by Crippen LogP contribution is 1.89. The molecule has 0 fully saturated rings. The maximum absolute atomic E-state index is 13.4. The Morgan fingerprint density at radius 1 is 0.767 bits per heavy atom. The summed E-state index contributed by atoms with van der Waals surface area (Å²) in [6, 6.07) is 0. The van der Waals surface area contributed by atoms with Crippen LogP contribution < -0.4 is 10.6 Å². The first-order valence-electron chi connectivity index (χ1n) is 10.0. The average molecular weight is 438 g/mol. The summed E-state index contributed by atoms with van der Waals surface area (Å²) in [5.74, 6) is -1.11. The molecule has 1 atom stereocenters. The summed E-state index contributed by atoms with van der Waals surface area (Å²) in [4.78, 5) is 33.0. The van der Waals surface area contributed by atoms with E-state index in [0.29, 0.717) is 59.3 Å². The van der Waals surface area contributed by atoms with Crippen molar-refractivity contribution in [3.05, 3.63) is 0 Å². The van der Waals surface area contributed by atoms with Crippen LogP contribution in [0, 0.1) is 0 Å². The second-order valence-electron chi connectivity index (χ2n) is 6.09. The highest BCUT2D eigenvalue weighted by Gasteiger charge is 2.16. The smallest absolute Gasteiger partial charge is 0.256 e. The molecule has 2 amide bonds. The topological polar surface area (TPSA) is 121 Å². The van der Waals surface area contributed by atoms with Crippen LogP contribution in [0.5, 0.6) is 0 Å². The predicted molar refractivity (Wildman–Crippen MR) is 106 cm³/mol. The van der Waals surface area contributed by atoms with E-state index in [1.54, 1.807) is 6.92 Å². The molecule has 0 aliphatic carbocycles. The number of ether oxygens (including phenoxy) is 5. The number of nitrogens with one attached hydrogen (secondary N) is 2. The molecule has 11 heteroatoms. The summed E-state index contributed by atoms with van der Waals surface area (Å²) in [6.07, 6.45) is -1.31. The quantitative estimate of drug-likeness (QED) is 0.233. The maximum Gasteiger partial charge on any atom is 0.256 e. The highest BCUT2D eigenvalue weighted by molar-refractivity contribution is 5.82. The number of Topliss-reactive ketones (excluding diaryl/α,β-unsaturated/α-hetero) is 1. The molecule has 0 aromatic rings. The number of hydrogen-bond acceptors (Lipinski definition) is 8. The Bertz CT molecular complexity index is 468. The van der Waals surface area contributed by atoms with Gasteiger partial charge in [-0.3, -0.25) is 14.4 Å². The van der Waals surface area contributed by atoms with Crippen LogP contribution in [0.1, 0.15) is 20.3 Å². The lowest BCUT2D eigenvalue weighted by Crippen LogP contribution is -2.40. The first kappa shape index (κ1) is 28.3. The maximum atomic E-state index is 13.4. The molecular weight excluding hydrogens is 403 g/mol. The monoisotopic (exact) mass is 438 g/mol. The number of carbonyl (C=O) groups is 3. The zero-order valence-corrected chi connectivity index (χ0v) is 17.9. The van der Waals surface area contributed by atoms with E-state index in [1.807, 2.05) is 0 Å². The van der Waals surface area contributed by atoms with Crippen LogP contribution in [0.2, 0.25) is 0 Å². The van der Waals surface area contributed by atoms with Gasteiger partial charge in [-0.15, -0.1) is 0 Å². The van der Waals surface area contributed by atoms with Gasteiger partial charge in [0.05, 0.1) is 66.0 Å². The third-order valence-electron chi connectivity index (χ3n) is 3.51. The van der Waals surface area contributed by atoms with Crippen LogP contribution in [0.4, 0.5) is 4.39 Å². The van der Waals surface area contributed by atoms with E-state index in [1.165, 1.54) is 6.92 Å². The molecule has 0 radical (unpaired) electrons. The van der Waals surface area contributed by atoms with Crippen molar-refractivity contribution in [2.24, 2.45) is 0 Å². The molecule has 0 heterocycles. The first-order valence-corrected chi connectivity index (χ1v) is 10.0. The van der Waals surface area contributed by atoms with Gasteiger partial charge in [0.25, 0.3) is 5.91 Å². The van der Waals surface area contributed by atoms with Gasteiger partial charge in [0, 0.05) is 19.9 Å². The Balaban J connectivity index is 3.23. The van der Waals surface area contributed by atoms with Crippen molar-refractivity contribution in [1.82, 2.24) is 10.6 Å². The SMILES string of the molecule is CCC(=O)COCCOCCOCCOCCOCCNC(=O)C(F)CNC(C)=O. The fourth-order valence-corrected chi connectivity index (χ4v) is 1.85. The van der Waals surface area contributed by atoms with Gasteiger partial charge in [-0.25, -0.2) is 4.39 Å². The summed E-state index contributed by atoms with van der Waals surface area (Å²) >= 11 is 0. The summed E-state index contributed by atoms with van der Waals surface area (Å²) < 4.78 is 39.7. The predicted octanol–water partition coefficient (Wildman–Crippen LogP) is -0.361.